The SMILES string of the molecule is O=C1CC(N2C(=O)c3ccccc3C2=O)CN1Cc1ccccc1C(F)(F)F. The molecule has 0 aromatic heterocycles. The summed E-state index contributed by atoms with van der Waals surface area (Å²) in [4.78, 5) is 39.9. The second-order valence-electron chi connectivity index (χ2n) is 6.81. The van der Waals surface area contributed by atoms with Gasteiger partial charge in [0, 0.05) is 19.5 Å². The van der Waals surface area contributed by atoms with Crippen LogP contribution in [-0.4, -0.2) is 40.1 Å². The molecule has 28 heavy (non-hydrogen) atoms. The molecule has 3 amide bonds. The van der Waals surface area contributed by atoms with Gasteiger partial charge in [-0.25, -0.2) is 0 Å². The molecule has 0 spiro atoms. The molecular weight excluding hydrogens is 373 g/mol. The topological polar surface area (TPSA) is 57.7 Å². The molecule has 2 aliphatic heterocycles. The van der Waals surface area contributed by atoms with Crippen LogP contribution in [-0.2, 0) is 17.5 Å². The number of hydrogen-bond donors (Lipinski definition) is 0. The number of likely N-dealkylation sites (tertiary alicyclic amines) is 1. The highest BCUT2D eigenvalue weighted by Gasteiger charge is 2.44. The molecule has 0 radical (unpaired) electrons. The van der Waals surface area contributed by atoms with E-state index in [0.29, 0.717) is 0 Å². The molecule has 1 saturated heterocycles. The third-order valence-corrected chi connectivity index (χ3v) is 5.07. The molecule has 1 unspecified atom stereocenters. The van der Waals surface area contributed by atoms with Gasteiger partial charge in [-0.3, -0.25) is 19.3 Å². The Hall–Kier alpha value is -3.16. The van der Waals surface area contributed by atoms with E-state index in [1.807, 2.05) is 0 Å². The number of nitrogens with zero attached hydrogens (tertiary/aromatic N) is 2. The summed E-state index contributed by atoms with van der Waals surface area (Å²) in [7, 11) is 0. The summed E-state index contributed by atoms with van der Waals surface area (Å²) in [6.45, 7) is -0.218. The van der Waals surface area contributed by atoms with Crippen molar-refractivity contribution < 1.29 is 27.6 Å². The largest absolute Gasteiger partial charge is 0.416 e. The van der Waals surface area contributed by atoms with E-state index in [9.17, 15) is 27.6 Å². The first kappa shape index (κ1) is 18.2. The second kappa shape index (κ2) is 6.47. The fourth-order valence-electron chi connectivity index (χ4n) is 3.76. The van der Waals surface area contributed by atoms with E-state index >= 15 is 0 Å². The summed E-state index contributed by atoms with van der Waals surface area (Å²) in [5, 5.41) is 0. The molecule has 8 heteroatoms. The normalized spacial score (nSPS) is 19.5. The summed E-state index contributed by atoms with van der Waals surface area (Å²) < 4.78 is 39.6. The Labute approximate surface area is 158 Å². The molecule has 1 atom stereocenters. The quantitative estimate of drug-likeness (QED) is 0.760. The second-order valence-corrected chi connectivity index (χ2v) is 6.81. The van der Waals surface area contributed by atoms with Crippen molar-refractivity contribution in [3.63, 3.8) is 0 Å². The summed E-state index contributed by atoms with van der Waals surface area (Å²) in [6, 6.07) is 10.8. The fourth-order valence-corrected chi connectivity index (χ4v) is 3.76. The van der Waals surface area contributed by atoms with Gasteiger partial charge in [-0.05, 0) is 23.8 Å². The number of carbonyl (C=O) groups is 3. The molecule has 5 nitrogen and oxygen atoms in total. The summed E-state index contributed by atoms with van der Waals surface area (Å²) >= 11 is 0. The first-order chi connectivity index (χ1) is 13.3. The Morgan fingerprint density at radius 1 is 0.893 bits per heavy atom. The van der Waals surface area contributed by atoms with Crippen LogP contribution in [0, 0.1) is 0 Å². The standard InChI is InChI=1S/C20H15F3N2O3/c21-20(22,23)16-8-4-1-5-12(16)10-24-11-13(9-17(24)26)25-18(27)14-6-2-3-7-15(14)19(25)28/h1-8,13H,9-11H2. The first-order valence-electron chi connectivity index (χ1n) is 8.67. The number of benzene rings is 2. The van der Waals surface area contributed by atoms with Crippen molar-refractivity contribution in [2.24, 2.45) is 0 Å². The van der Waals surface area contributed by atoms with Crippen molar-refractivity contribution in [3.05, 3.63) is 70.8 Å². The molecule has 2 aromatic rings. The van der Waals surface area contributed by atoms with Gasteiger partial charge in [0.15, 0.2) is 0 Å². The van der Waals surface area contributed by atoms with Gasteiger partial charge >= 0.3 is 6.18 Å². The number of hydrogen-bond acceptors (Lipinski definition) is 3. The first-order valence-corrected chi connectivity index (χ1v) is 8.67. The molecule has 0 bridgehead atoms. The van der Waals surface area contributed by atoms with Gasteiger partial charge in [-0.2, -0.15) is 13.2 Å². The summed E-state index contributed by atoms with van der Waals surface area (Å²) in [5.74, 6) is -1.34. The van der Waals surface area contributed by atoms with E-state index in [0.717, 1.165) is 11.0 Å². The van der Waals surface area contributed by atoms with Crippen molar-refractivity contribution in [3.8, 4) is 0 Å². The average molecular weight is 388 g/mol. The predicted molar refractivity (Wildman–Crippen MR) is 92.2 cm³/mol. The van der Waals surface area contributed by atoms with Crippen LogP contribution in [0.25, 0.3) is 0 Å². The van der Waals surface area contributed by atoms with Crippen LogP contribution in [0.4, 0.5) is 13.2 Å². The Kier molecular flexibility index (Phi) is 4.21. The number of imide groups is 1. The van der Waals surface area contributed by atoms with E-state index in [2.05, 4.69) is 0 Å². The minimum atomic E-state index is -4.53. The smallest absolute Gasteiger partial charge is 0.336 e. The maximum atomic E-state index is 13.2. The highest BCUT2D eigenvalue weighted by Crippen LogP contribution is 2.34. The van der Waals surface area contributed by atoms with Crippen molar-refractivity contribution in [1.29, 1.82) is 0 Å². The molecule has 0 N–H and O–H groups in total. The Morgan fingerprint density at radius 2 is 1.46 bits per heavy atom. The van der Waals surface area contributed by atoms with Gasteiger partial charge in [0.1, 0.15) is 0 Å². The maximum Gasteiger partial charge on any atom is 0.416 e. The maximum absolute atomic E-state index is 13.2. The Bertz CT molecular complexity index is 952. The van der Waals surface area contributed by atoms with Crippen LogP contribution in [0.3, 0.4) is 0 Å². The molecule has 4 rings (SSSR count). The Balaban J connectivity index is 1.55. The third kappa shape index (κ3) is 2.94. The highest BCUT2D eigenvalue weighted by atomic mass is 19.4. The van der Waals surface area contributed by atoms with Gasteiger partial charge in [0.25, 0.3) is 11.8 Å². The van der Waals surface area contributed by atoms with Gasteiger partial charge in [0.2, 0.25) is 5.91 Å². The average Bonchev–Trinajstić information content (AvgIpc) is 3.12. The number of rotatable bonds is 3. The van der Waals surface area contributed by atoms with Crippen LogP contribution in [0.2, 0.25) is 0 Å². The van der Waals surface area contributed by atoms with Crippen molar-refractivity contribution in [2.75, 3.05) is 6.54 Å². The van der Waals surface area contributed by atoms with Crippen molar-refractivity contribution in [2.45, 2.75) is 25.2 Å². The van der Waals surface area contributed by atoms with Crippen LogP contribution >= 0.6 is 0 Å². The zero-order valence-electron chi connectivity index (χ0n) is 14.6. The van der Waals surface area contributed by atoms with Crippen molar-refractivity contribution in [1.82, 2.24) is 9.80 Å². The summed E-state index contributed by atoms with van der Waals surface area (Å²) in [5.41, 5.74) is -0.264. The molecular formula is C20H15F3N2O3. The number of amides is 3. The van der Waals surface area contributed by atoms with E-state index in [-0.39, 0.29) is 36.2 Å². The zero-order chi connectivity index (χ0) is 20.1. The number of fused-ring (bicyclic) bond motifs is 1. The Morgan fingerprint density at radius 3 is 2.07 bits per heavy atom. The van der Waals surface area contributed by atoms with Crippen LogP contribution in [0.15, 0.2) is 48.5 Å². The molecule has 2 aromatic carbocycles. The van der Waals surface area contributed by atoms with Gasteiger partial charge in [-0.15, -0.1) is 0 Å². The lowest BCUT2D eigenvalue weighted by atomic mass is 10.1. The number of halogens is 3. The molecule has 2 aliphatic rings. The van der Waals surface area contributed by atoms with Crippen molar-refractivity contribution >= 4 is 17.7 Å². The molecule has 0 saturated carbocycles. The fraction of sp³-hybridized carbons (Fsp3) is 0.250. The minimum Gasteiger partial charge on any atom is -0.336 e. The lowest BCUT2D eigenvalue weighted by molar-refractivity contribution is -0.139. The molecule has 1 fully saturated rings. The third-order valence-electron chi connectivity index (χ3n) is 5.07. The van der Waals surface area contributed by atoms with E-state index < -0.39 is 35.5 Å². The van der Waals surface area contributed by atoms with Crippen LogP contribution < -0.4 is 0 Å². The van der Waals surface area contributed by atoms with E-state index in [1.54, 1.807) is 24.3 Å². The lowest BCUT2D eigenvalue weighted by Crippen LogP contribution is -2.41. The number of alkyl halides is 3. The van der Waals surface area contributed by atoms with Gasteiger partial charge in [0.05, 0.1) is 22.7 Å². The molecule has 0 aliphatic carbocycles. The van der Waals surface area contributed by atoms with E-state index in [1.165, 1.54) is 23.1 Å². The number of carbonyl (C=O) groups excluding carboxylic acids is 3. The molecule has 144 valence electrons. The van der Waals surface area contributed by atoms with Crippen LogP contribution in [0.5, 0.6) is 0 Å². The lowest BCUT2D eigenvalue weighted by Gasteiger charge is -2.23. The highest BCUT2D eigenvalue weighted by molar-refractivity contribution is 6.21. The predicted octanol–water partition coefficient (Wildman–Crippen LogP) is 3.10. The summed E-state index contributed by atoms with van der Waals surface area (Å²) in [6.07, 6.45) is -4.62. The zero-order valence-corrected chi connectivity index (χ0v) is 14.6. The minimum absolute atomic E-state index is 0.0104. The van der Waals surface area contributed by atoms with Crippen LogP contribution in [0.1, 0.15) is 38.3 Å². The molecule has 2 heterocycles. The van der Waals surface area contributed by atoms with Gasteiger partial charge < -0.3 is 4.90 Å². The van der Waals surface area contributed by atoms with Gasteiger partial charge in [-0.1, -0.05) is 30.3 Å². The van der Waals surface area contributed by atoms with E-state index in [4.69, 9.17) is 0 Å². The monoisotopic (exact) mass is 388 g/mol.